The summed E-state index contributed by atoms with van der Waals surface area (Å²) in [6.45, 7) is 1.79. The molecule has 0 bridgehead atoms. The molecule has 10 heteroatoms. The van der Waals surface area contributed by atoms with Crippen LogP contribution in [-0.4, -0.2) is 36.6 Å². The fourth-order valence-corrected chi connectivity index (χ4v) is 3.72. The molecule has 110 valence electrons. The molecule has 1 aromatic rings. The number of nitrogens with zero attached hydrogens (tertiary/aromatic N) is 3. The van der Waals surface area contributed by atoms with Gasteiger partial charge in [-0.05, 0) is 6.92 Å². The molecule has 0 aliphatic carbocycles. The maximum atomic E-state index is 12.0. The molecule has 1 aliphatic rings. The van der Waals surface area contributed by atoms with E-state index in [0.717, 1.165) is 0 Å². The molecule has 2 heterocycles. The first-order chi connectivity index (χ1) is 9.17. The van der Waals surface area contributed by atoms with Crippen molar-refractivity contribution >= 4 is 44.8 Å². The van der Waals surface area contributed by atoms with Crippen molar-refractivity contribution in [3.63, 3.8) is 0 Å². The van der Waals surface area contributed by atoms with Crippen molar-refractivity contribution < 1.29 is 13.2 Å². The Morgan fingerprint density at radius 2 is 1.90 bits per heavy atom. The van der Waals surface area contributed by atoms with Crippen molar-refractivity contribution in [1.82, 2.24) is 9.97 Å². The van der Waals surface area contributed by atoms with E-state index in [0.29, 0.717) is 5.82 Å². The largest absolute Gasteiger partial charge is 0.307 e. The molecule has 7 nitrogen and oxygen atoms in total. The highest BCUT2D eigenvalue weighted by molar-refractivity contribution is 7.89. The second kappa shape index (κ2) is 5.44. The summed E-state index contributed by atoms with van der Waals surface area (Å²) in [5.74, 6) is -0.561. The van der Waals surface area contributed by atoms with Crippen molar-refractivity contribution in [2.75, 3.05) is 17.2 Å². The van der Waals surface area contributed by atoms with Crippen LogP contribution >= 0.6 is 23.2 Å². The smallest absolute Gasteiger partial charge is 0.227 e. The molecular weight excluding hydrogens is 327 g/mol. The average molecular weight is 339 g/mol. The number of anilines is 1. The van der Waals surface area contributed by atoms with Crippen LogP contribution in [0.15, 0.2) is 0 Å². The summed E-state index contributed by atoms with van der Waals surface area (Å²) in [6.07, 6.45) is 0.0664. The lowest BCUT2D eigenvalue weighted by Gasteiger charge is -2.18. The van der Waals surface area contributed by atoms with Gasteiger partial charge in [-0.15, -0.1) is 0 Å². The molecule has 1 saturated heterocycles. The molecule has 2 rings (SSSR count). The first-order valence-corrected chi connectivity index (χ1v) is 8.15. The molecule has 0 spiro atoms. The van der Waals surface area contributed by atoms with Crippen LogP contribution in [0.4, 0.5) is 5.69 Å². The number of rotatable bonds is 3. The molecule has 2 N–H and O–H groups in total. The zero-order chi connectivity index (χ0) is 15.1. The molecule has 1 atom stereocenters. The number of hydrogen-bond donors (Lipinski definition) is 1. The Labute approximate surface area is 126 Å². The summed E-state index contributed by atoms with van der Waals surface area (Å²) in [4.78, 5) is 21.2. The summed E-state index contributed by atoms with van der Waals surface area (Å²) < 4.78 is 22.2. The normalized spacial score (nSPS) is 19.7. The van der Waals surface area contributed by atoms with Crippen molar-refractivity contribution in [3.05, 3.63) is 16.1 Å². The zero-order valence-corrected chi connectivity index (χ0v) is 12.8. The molecule has 1 aromatic heterocycles. The second-order valence-corrected chi connectivity index (χ2v) is 6.98. The Kier molecular flexibility index (Phi) is 4.19. The Balaban J connectivity index is 2.29. The quantitative estimate of drug-likeness (QED) is 0.817. The van der Waals surface area contributed by atoms with E-state index in [1.165, 1.54) is 4.90 Å². The van der Waals surface area contributed by atoms with Crippen LogP contribution in [0.2, 0.25) is 10.3 Å². The summed E-state index contributed by atoms with van der Waals surface area (Å²) in [6, 6.07) is 0. The van der Waals surface area contributed by atoms with Gasteiger partial charge in [0.2, 0.25) is 15.9 Å². The van der Waals surface area contributed by atoms with Gasteiger partial charge in [-0.3, -0.25) is 4.79 Å². The van der Waals surface area contributed by atoms with Gasteiger partial charge in [0.15, 0.2) is 10.3 Å². The van der Waals surface area contributed by atoms with Crippen LogP contribution in [0.25, 0.3) is 0 Å². The molecule has 20 heavy (non-hydrogen) atoms. The first-order valence-electron chi connectivity index (χ1n) is 5.68. The molecular formula is C10H12Cl2N4O3S. The number of halogens is 2. The summed E-state index contributed by atoms with van der Waals surface area (Å²) in [5.41, 5.74) is 0.209. The Bertz CT molecular complexity index is 641. The third-order valence-corrected chi connectivity index (χ3v) is 4.32. The number of hydrogen-bond acceptors (Lipinski definition) is 5. The number of carbonyl (C=O) groups is 1. The van der Waals surface area contributed by atoms with Gasteiger partial charge in [0, 0.05) is 18.9 Å². The lowest BCUT2D eigenvalue weighted by Crippen LogP contribution is -2.28. The number of sulfonamides is 1. The highest BCUT2D eigenvalue weighted by atomic mass is 35.5. The number of carbonyl (C=O) groups excluding carboxylic acids is 1. The van der Waals surface area contributed by atoms with Crippen molar-refractivity contribution in [2.45, 2.75) is 13.3 Å². The van der Waals surface area contributed by atoms with Crippen LogP contribution in [0.1, 0.15) is 12.2 Å². The van der Waals surface area contributed by atoms with Crippen LogP contribution in [0, 0.1) is 12.8 Å². The third kappa shape index (κ3) is 3.38. The molecule has 0 saturated carbocycles. The van der Waals surface area contributed by atoms with E-state index in [2.05, 4.69) is 9.97 Å². The van der Waals surface area contributed by atoms with E-state index < -0.39 is 15.9 Å². The van der Waals surface area contributed by atoms with E-state index in [-0.39, 0.29) is 40.6 Å². The second-order valence-electron chi connectivity index (χ2n) is 4.61. The van der Waals surface area contributed by atoms with E-state index in [4.69, 9.17) is 28.3 Å². The van der Waals surface area contributed by atoms with Crippen LogP contribution in [0.3, 0.4) is 0 Å². The highest BCUT2D eigenvalue weighted by Gasteiger charge is 2.35. The van der Waals surface area contributed by atoms with Gasteiger partial charge in [0.25, 0.3) is 0 Å². The maximum Gasteiger partial charge on any atom is 0.227 e. The van der Waals surface area contributed by atoms with Gasteiger partial charge in [0.05, 0.1) is 5.75 Å². The van der Waals surface area contributed by atoms with Crippen LogP contribution in [-0.2, 0) is 14.8 Å². The van der Waals surface area contributed by atoms with Gasteiger partial charge in [-0.1, -0.05) is 23.2 Å². The fraction of sp³-hybridized carbons (Fsp3) is 0.500. The average Bonchev–Trinajstić information content (AvgIpc) is 2.55. The predicted octanol–water partition coefficient (Wildman–Crippen LogP) is 0.733. The topological polar surface area (TPSA) is 106 Å². The van der Waals surface area contributed by atoms with E-state index in [1.807, 2.05) is 0 Å². The standard InChI is InChI=1S/C10H12Cl2N4O3S/c1-5-14-9(11)8(10(12)15-5)16-3-6(2-7(16)17)4-20(13,18)19/h6H,2-4H2,1H3,(H2,13,18,19). The highest BCUT2D eigenvalue weighted by Crippen LogP contribution is 2.35. The minimum atomic E-state index is -3.64. The van der Waals surface area contributed by atoms with Gasteiger partial charge < -0.3 is 4.90 Å². The zero-order valence-electron chi connectivity index (χ0n) is 10.5. The van der Waals surface area contributed by atoms with Crippen molar-refractivity contribution in [2.24, 2.45) is 11.1 Å². The van der Waals surface area contributed by atoms with Gasteiger partial charge in [-0.25, -0.2) is 23.5 Å². The SMILES string of the molecule is Cc1nc(Cl)c(N2CC(CS(N)(=O)=O)CC2=O)c(Cl)n1. The first kappa shape index (κ1) is 15.4. The van der Waals surface area contributed by atoms with Gasteiger partial charge in [0.1, 0.15) is 11.5 Å². The number of aromatic nitrogens is 2. The minimum Gasteiger partial charge on any atom is -0.307 e. The summed E-state index contributed by atoms with van der Waals surface area (Å²) >= 11 is 12.0. The van der Waals surface area contributed by atoms with E-state index >= 15 is 0 Å². The monoisotopic (exact) mass is 338 g/mol. The van der Waals surface area contributed by atoms with E-state index in [9.17, 15) is 13.2 Å². The van der Waals surface area contributed by atoms with Gasteiger partial charge >= 0.3 is 0 Å². The summed E-state index contributed by atoms with van der Waals surface area (Å²) in [5, 5.41) is 5.11. The lowest BCUT2D eigenvalue weighted by molar-refractivity contribution is -0.117. The number of nitrogens with two attached hydrogens (primary N) is 1. The Hall–Kier alpha value is -0.960. The minimum absolute atomic E-state index is 0.0621. The van der Waals surface area contributed by atoms with Crippen LogP contribution in [0.5, 0.6) is 0 Å². The number of primary sulfonamides is 1. The maximum absolute atomic E-state index is 12.0. The number of amides is 1. The van der Waals surface area contributed by atoms with E-state index in [1.54, 1.807) is 6.92 Å². The molecule has 1 fully saturated rings. The fourth-order valence-electron chi connectivity index (χ4n) is 2.16. The molecule has 0 aromatic carbocycles. The van der Waals surface area contributed by atoms with Gasteiger partial charge in [-0.2, -0.15) is 0 Å². The summed E-state index contributed by atoms with van der Waals surface area (Å²) in [7, 11) is -3.64. The predicted molar refractivity (Wildman–Crippen MR) is 75.2 cm³/mol. The third-order valence-electron chi connectivity index (χ3n) is 2.85. The molecule has 1 unspecified atom stereocenters. The van der Waals surface area contributed by atoms with Crippen molar-refractivity contribution in [1.29, 1.82) is 0 Å². The Morgan fingerprint density at radius 3 is 2.40 bits per heavy atom. The molecule has 1 amide bonds. The Morgan fingerprint density at radius 1 is 1.35 bits per heavy atom. The number of aryl methyl sites for hydroxylation is 1. The lowest BCUT2D eigenvalue weighted by atomic mass is 10.1. The molecule has 1 aliphatic heterocycles. The van der Waals surface area contributed by atoms with Crippen LogP contribution < -0.4 is 10.0 Å². The van der Waals surface area contributed by atoms with Crippen molar-refractivity contribution in [3.8, 4) is 0 Å². The molecule has 0 radical (unpaired) electrons.